The number of allylic oxidation sites excluding steroid dienone is 1. The van der Waals surface area contributed by atoms with Gasteiger partial charge >= 0.3 is 6.09 Å². The number of unbranched alkanes of at least 4 members (excludes halogenated alkanes) is 2. The van der Waals surface area contributed by atoms with E-state index in [1.807, 2.05) is 18.2 Å². The van der Waals surface area contributed by atoms with E-state index in [1.165, 1.54) is 24.3 Å². The maximum atomic E-state index is 14.9. The molecule has 2 heterocycles. The van der Waals surface area contributed by atoms with Crippen LogP contribution in [-0.4, -0.2) is 81.8 Å². The fraction of sp³-hybridized carbons (Fsp3) is 0.396. The molecule has 6 unspecified atom stereocenters. The lowest BCUT2D eigenvalue weighted by Gasteiger charge is -2.59. The molecule has 1 fully saturated rings. The lowest BCUT2D eigenvalue weighted by Crippen LogP contribution is -2.70. The van der Waals surface area contributed by atoms with Gasteiger partial charge in [-0.1, -0.05) is 48.4 Å². The number of non-ortho nitro benzene ring substituents is 2. The first-order chi connectivity index (χ1) is 34.6. The van der Waals surface area contributed by atoms with E-state index in [0.717, 1.165) is 11.1 Å². The van der Waals surface area contributed by atoms with Crippen LogP contribution in [-0.2, 0) is 27.5 Å². The molecule has 1 amide bonds. The normalized spacial score (nSPS) is 22.0. The van der Waals surface area contributed by atoms with Gasteiger partial charge in [-0.15, -0.1) is 13.2 Å². The molecule has 18 heteroatoms. The molecule has 4 aromatic rings. The second kappa shape index (κ2) is 23.1. The maximum Gasteiger partial charge on any atom is 0.410 e. The highest BCUT2D eigenvalue weighted by Gasteiger charge is 2.66. The second-order valence-electron chi connectivity index (χ2n) is 17.8. The quantitative estimate of drug-likeness (QED) is 0.0289. The molecule has 0 radical (unpaired) electrons. The van der Waals surface area contributed by atoms with Gasteiger partial charge in [-0.25, -0.2) is 4.79 Å². The average Bonchev–Trinajstić information content (AvgIpc) is 3.85. The number of nitro groups is 2. The van der Waals surface area contributed by atoms with Gasteiger partial charge in [0.05, 0.1) is 40.8 Å². The molecule has 6 atom stereocenters. The zero-order chi connectivity index (χ0) is 49.9. The third-order valence-corrected chi connectivity index (χ3v) is 13.4. The summed E-state index contributed by atoms with van der Waals surface area (Å²) in [5.41, 5.74) is 3.19. The molecule has 0 spiro atoms. The van der Waals surface area contributed by atoms with Crippen molar-refractivity contribution in [3.8, 4) is 28.7 Å². The van der Waals surface area contributed by atoms with E-state index in [2.05, 4.69) is 19.2 Å². The van der Waals surface area contributed by atoms with Gasteiger partial charge in [0.15, 0.2) is 11.5 Å². The summed E-state index contributed by atoms with van der Waals surface area (Å²) in [6, 6.07) is 21.8. The highest BCUT2D eigenvalue weighted by Crippen LogP contribution is 2.62. The molecular formula is C53H58N4O14. The predicted octanol–water partition coefficient (Wildman–Crippen LogP) is 10.1. The number of amides is 1. The summed E-state index contributed by atoms with van der Waals surface area (Å²) in [5.74, 6) is -0.771. The number of nitrogens with zero attached hydrogens (tertiary/aromatic N) is 4. The second-order valence-corrected chi connectivity index (χ2v) is 17.8. The smallest absolute Gasteiger partial charge is 0.410 e. The van der Waals surface area contributed by atoms with Crippen LogP contribution in [0.2, 0.25) is 0 Å². The summed E-state index contributed by atoms with van der Waals surface area (Å²) in [6.07, 6.45) is 9.17. The van der Waals surface area contributed by atoms with E-state index in [1.54, 1.807) is 59.5 Å². The van der Waals surface area contributed by atoms with Gasteiger partial charge in [0.25, 0.3) is 11.4 Å². The molecule has 4 aliphatic rings. The minimum absolute atomic E-state index is 0.00186. The van der Waals surface area contributed by atoms with Gasteiger partial charge in [0.1, 0.15) is 29.9 Å². The van der Waals surface area contributed by atoms with Crippen molar-refractivity contribution in [3.63, 3.8) is 0 Å². The SMILES string of the molecule is C=CCCOC(=O)N(Cc1ccc2c(c1)OCO2)C1CC(=NOCc2ccc([N+](=O)[O-])cc2)C2=CC(CCCCO)C(CCCCO)C3c4cc(Oc5cccc([N+](=O)[O-])c5)ccc4OC1(OCC=C)C23. The van der Waals surface area contributed by atoms with Crippen LogP contribution < -0.4 is 18.9 Å². The molecule has 2 aliphatic carbocycles. The Hall–Kier alpha value is -7.28. The van der Waals surface area contributed by atoms with Gasteiger partial charge < -0.3 is 43.5 Å². The van der Waals surface area contributed by atoms with E-state index < -0.39 is 39.6 Å². The fourth-order valence-corrected chi connectivity index (χ4v) is 10.3. The van der Waals surface area contributed by atoms with Crippen LogP contribution in [0.5, 0.6) is 28.7 Å². The Morgan fingerprint density at radius 1 is 0.845 bits per heavy atom. The first-order valence-corrected chi connectivity index (χ1v) is 23.9. The van der Waals surface area contributed by atoms with Crippen LogP contribution in [0, 0.1) is 38.0 Å². The Balaban J connectivity index is 1.33. The van der Waals surface area contributed by atoms with Crippen LogP contribution in [0.25, 0.3) is 0 Å². The Kier molecular flexibility index (Phi) is 16.3. The van der Waals surface area contributed by atoms with E-state index in [9.17, 15) is 35.2 Å². The van der Waals surface area contributed by atoms with Crippen LogP contribution in [0.3, 0.4) is 0 Å². The molecule has 0 aromatic heterocycles. The number of hydrogen-bond acceptors (Lipinski definition) is 15. The molecule has 71 heavy (non-hydrogen) atoms. The minimum Gasteiger partial charge on any atom is -0.459 e. The molecule has 0 bridgehead atoms. The number of carbonyl (C=O) groups excluding carboxylic acids is 1. The fourth-order valence-electron chi connectivity index (χ4n) is 10.3. The van der Waals surface area contributed by atoms with Gasteiger partial charge in [0, 0.05) is 55.9 Å². The number of oxime groups is 1. The topological polar surface area (TPSA) is 224 Å². The number of carbonyl (C=O) groups is 1. The number of ether oxygens (including phenoxy) is 6. The highest BCUT2D eigenvalue weighted by molar-refractivity contribution is 6.03. The van der Waals surface area contributed by atoms with Crippen molar-refractivity contribution in [3.05, 3.63) is 159 Å². The summed E-state index contributed by atoms with van der Waals surface area (Å²) in [7, 11) is 0. The molecule has 2 N–H and O–H groups in total. The number of hydrogen-bond donors (Lipinski definition) is 2. The monoisotopic (exact) mass is 974 g/mol. The average molecular weight is 975 g/mol. The van der Waals surface area contributed by atoms with Crippen molar-refractivity contribution in [2.45, 2.75) is 82.3 Å². The van der Waals surface area contributed by atoms with Gasteiger partial charge in [-0.3, -0.25) is 25.1 Å². The number of fused-ring (bicyclic) bond motifs is 3. The zero-order valence-electron chi connectivity index (χ0n) is 39.3. The zero-order valence-corrected chi connectivity index (χ0v) is 39.3. The largest absolute Gasteiger partial charge is 0.459 e. The summed E-state index contributed by atoms with van der Waals surface area (Å²) in [5, 5.41) is 48.1. The molecule has 4 aromatic carbocycles. The van der Waals surface area contributed by atoms with Crippen molar-refractivity contribution in [1.82, 2.24) is 4.90 Å². The molecular weight excluding hydrogens is 917 g/mol. The molecule has 8 rings (SSSR count). The first kappa shape index (κ1) is 50.1. The maximum absolute atomic E-state index is 14.9. The number of benzene rings is 4. The molecule has 18 nitrogen and oxygen atoms in total. The standard InChI is InChI=1S/C53H58N4O14/c1-3-5-26-65-52(60)55(32-36-17-21-47-48(27-36)67-34-66-47)49-31-45(54-69-33-35-15-18-38(19-16-35)56(61)62)43-28-37(11-6-8-23-58)42(14-7-9-24-59)50-44-30-41(70-40-13-10-12-39(29-40)57(63)64)20-22-46(44)71-53(49,51(43)50)68-25-4-2/h3-4,10,12-13,15-22,27-30,37,42,49-51,58-59H,1-2,5-9,11,14,23-26,31-34H2. The lowest BCUT2D eigenvalue weighted by molar-refractivity contribution is -0.385. The Morgan fingerprint density at radius 3 is 2.32 bits per heavy atom. The van der Waals surface area contributed by atoms with Crippen molar-refractivity contribution in [1.29, 1.82) is 0 Å². The van der Waals surface area contributed by atoms with Gasteiger partial charge in [0.2, 0.25) is 12.6 Å². The number of nitro benzene ring substituents is 2. The van der Waals surface area contributed by atoms with E-state index in [-0.39, 0.29) is 81.8 Å². The molecule has 2 aliphatic heterocycles. The Bertz CT molecular complexity index is 2640. The van der Waals surface area contributed by atoms with Crippen molar-refractivity contribution < 1.29 is 58.1 Å². The molecule has 1 saturated carbocycles. The summed E-state index contributed by atoms with van der Waals surface area (Å²) in [6.45, 7) is 7.94. The van der Waals surface area contributed by atoms with E-state index in [0.29, 0.717) is 84.8 Å². The highest BCUT2D eigenvalue weighted by atomic mass is 16.7. The number of aliphatic hydroxyl groups is 2. The van der Waals surface area contributed by atoms with Gasteiger partial charge in [-0.05, 0) is 109 Å². The third kappa shape index (κ3) is 11.2. The predicted molar refractivity (Wildman–Crippen MR) is 260 cm³/mol. The Labute approximate surface area is 411 Å². The van der Waals surface area contributed by atoms with E-state index >= 15 is 0 Å². The van der Waals surface area contributed by atoms with Crippen molar-refractivity contribution >= 4 is 23.2 Å². The van der Waals surface area contributed by atoms with Gasteiger partial charge in [-0.2, -0.15) is 0 Å². The van der Waals surface area contributed by atoms with Crippen LogP contribution >= 0.6 is 0 Å². The number of aliphatic hydroxyl groups excluding tert-OH is 2. The lowest BCUT2D eigenvalue weighted by atomic mass is 9.55. The summed E-state index contributed by atoms with van der Waals surface area (Å²) in [4.78, 5) is 44.9. The number of rotatable bonds is 24. The van der Waals surface area contributed by atoms with E-state index in [4.69, 9.17) is 38.4 Å². The summed E-state index contributed by atoms with van der Waals surface area (Å²) >= 11 is 0. The first-order valence-electron chi connectivity index (χ1n) is 23.9. The summed E-state index contributed by atoms with van der Waals surface area (Å²) < 4.78 is 38.2. The molecule has 374 valence electrons. The van der Waals surface area contributed by atoms with Crippen molar-refractivity contribution in [2.24, 2.45) is 22.9 Å². The van der Waals surface area contributed by atoms with Crippen LogP contribution in [0.4, 0.5) is 16.2 Å². The molecule has 0 saturated heterocycles. The minimum atomic E-state index is -1.64. The van der Waals surface area contributed by atoms with Crippen molar-refractivity contribution in [2.75, 3.05) is 33.2 Å². The van der Waals surface area contributed by atoms with Crippen LogP contribution in [0.1, 0.15) is 74.0 Å². The van der Waals surface area contributed by atoms with Crippen LogP contribution in [0.15, 0.2) is 127 Å². The Morgan fingerprint density at radius 2 is 1.58 bits per heavy atom. The third-order valence-electron chi connectivity index (χ3n) is 13.4.